The van der Waals surface area contributed by atoms with Crippen molar-refractivity contribution in [2.75, 3.05) is 7.05 Å². The van der Waals surface area contributed by atoms with Crippen molar-refractivity contribution in [1.82, 2.24) is 5.32 Å². The van der Waals surface area contributed by atoms with Gasteiger partial charge in [0.05, 0.1) is 0 Å². The van der Waals surface area contributed by atoms with E-state index in [4.69, 9.17) is 0 Å². The average molecular weight is 257 g/mol. The third kappa shape index (κ3) is 4.21. The molecule has 1 nitrogen and oxygen atoms in total. The van der Waals surface area contributed by atoms with Gasteiger partial charge in [-0.15, -0.1) is 0 Å². The van der Waals surface area contributed by atoms with Crippen LogP contribution >= 0.6 is 0 Å². The van der Waals surface area contributed by atoms with Crippen molar-refractivity contribution in [3.8, 4) is 0 Å². The standard InChI is InChI=1S/C18H27N/c1-15-10-8-9-13-17(15)14-18(19-2)16-11-6-4-3-5-7-12-16/h8-11,13,18-19H,3-7,12,14H2,1-2H3/b16-11+. The number of benzene rings is 1. The summed E-state index contributed by atoms with van der Waals surface area (Å²) in [5, 5.41) is 3.53. The SMILES string of the molecule is CNC(Cc1ccccc1C)/C1=C/CCCCCC1. The molecule has 0 fully saturated rings. The van der Waals surface area contributed by atoms with E-state index < -0.39 is 0 Å². The Kier molecular flexibility index (Phi) is 5.65. The molecule has 0 bridgehead atoms. The van der Waals surface area contributed by atoms with E-state index in [0.717, 1.165) is 6.42 Å². The fourth-order valence-corrected chi connectivity index (χ4v) is 3.01. The maximum Gasteiger partial charge on any atom is 0.0317 e. The number of nitrogens with one attached hydrogen (secondary N) is 1. The van der Waals surface area contributed by atoms with Gasteiger partial charge in [-0.2, -0.15) is 0 Å². The highest BCUT2D eigenvalue weighted by Gasteiger charge is 2.14. The monoisotopic (exact) mass is 257 g/mol. The van der Waals surface area contributed by atoms with Gasteiger partial charge in [-0.25, -0.2) is 0 Å². The zero-order valence-corrected chi connectivity index (χ0v) is 12.4. The molecule has 1 heteroatoms. The molecule has 1 aromatic carbocycles. The number of likely N-dealkylation sites (N-methyl/N-ethyl adjacent to an activating group) is 1. The molecule has 0 saturated heterocycles. The first kappa shape index (κ1) is 14.3. The molecule has 0 amide bonds. The van der Waals surface area contributed by atoms with Crippen LogP contribution in [0.25, 0.3) is 0 Å². The highest BCUT2D eigenvalue weighted by molar-refractivity contribution is 5.28. The number of hydrogen-bond donors (Lipinski definition) is 1. The highest BCUT2D eigenvalue weighted by atomic mass is 14.9. The van der Waals surface area contributed by atoms with Crippen molar-refractivity contribution in [1.29, 1.82) is 0 Å². The lowest BCUT2D eigenvalue weighted by atomic mass is 9.90. The zero-order chi connectivity index (χ0) is 13.5. The molecule has 0 aliphatic heterocycles. The van der Waals surface area contributed by atoms with Crippen LogP contribution in [0.15, 0.2) is 35.9 Å². The van der Waals surface area contributed by atoms with E-state index in [0.29, 0.717) is 6.04 Å². The van der Waals surface area contributed by atoms with Crippen LogP contribution in [0, 0.1) is 6.92 Å². The molecule has 0 heterocycles. The van der Waals surface area contributed by atoms with E-state index in [1.165, 1.54) is 49.7 Å². The van der Waals surface area contributed by atoms with E-state index in [9.17, 15) is 0 Å². The fraction of sp³-hybridized carbons (Fsp3) is 0.556. The van der Waals surface area contributed by atoms with Gasteiger partial charge >= 0.3 is 0 Å². The maximum atomic E-state index is 3.53. The number of hydrogen-bond acceptors (Lipinski definition) is 1. The van der Waals surface area contributed by atoms with Crippen LogP contribution in [-0.4, -0.2) is 13.1 Å². The van der Waals surface area contributed by atoms with Crippen LogP contribution < -0.4 is 5.32 Å². The summed E-state index contributed by atoms with van der Waals surface area (Å²) < 4.78 is 0. The first-order valence-corrected chi connectivity index (χ1v) is 7.72. The van der Waals surface area contributed by atoms with Crippen molar-refractivity contribution in [2.45, 2.75) is 57.9 Å². The van der Waals surface area contributed by atoms with Crippen LogP contribution in [-0.2, 0) is 6.42 Å². The smallest absolute Gasteiger partial charge is 0.0317 e. The molecule has 0 saturated carbocycles. The predicted octanol–water partition coefficient (Wildman–Crippen LogP) is 4.41. The lowest BCUT2D eigenvalue weighted by Crippen LogP contribution is -2.30. The molecule has 0 spiro atoms. The van der Waals surface area contributed by atoms with Gasteiger partial charge in [-0.1, -0.05) is 48.8 Å². The largest absolute Gasteiger partial charge is 0.313 e. The first-order valence-electron chi connectivity index (χ1n) is 7.72. The number of aryl methyl sites for hydroxylation is 1. The Bertz CT molecular complexity index is 419. The maximum absolute atomic E-state index is 3.53. The van der Waals surface area contributed by atoms with Crippen LogP contribution in [0.4, 0.5) is 0 Å². The van der Waals surface area contributed by atoms with E-state index in [2.05, 4.69) is 49.6 Å². The molecule has 1 aliphatic carbocycles. The number of allylic oxidation sites excluding steroid dienone is 1. The summed E-state index contributed by atoms with van der Waals surface area (Å²) >= 11 is 0. The summed E-state index contributed by atoms with van der Waals surface area (Å²) in [5.41, 5.74) is 4.52. The van der Waals surface area contributed by atoms with Crippen molar-refractivity contribution >= 4 is 0 Å². The third-order valence-electron chi connectivity index (χ3n) is 4.31. The Hall–Kier alpha value is -1.08. The Morgan fingerprint density at radius 2 is 1.89 bits per heavy atom. The van der Waals surface area contributed by atoms with E-state index in [1.807, 2.05) is 0 Å². The summed E-state index contributed by atoms with van der Waals surface area (Å²) in [4.78, 5) is 0. The van der Waals surface area contributed by atoms with Crippen LogP contribution in [0.3, 0.4) is 0 Å². The molecule has 0 radical (unpaired) electrons. The zero-order valence-electron chi connectivity index (χ0n) is 12.4. The van der Waals surface area contributed by atoms with Crippen LogP contribution in [0.1, 0.15) is 49.7 Å². The Labute approximate surface area is 118 Å². The van der Waals surface area contributed by atoms with Gasteiger partial charge in [0.2, 0.25) is 0 Å². The van der Waals surface area contributed by atoms with Crippen molar-refractivity contribution < 1.29 is 0 Å². The summed E-state index contributed by atoms with van der Waals surface area (Å²) in [6.45, 7) is 2.22. The third-order valence-corrected chi connectivity index (χ3v) is 4.31. The molecule has 1 aromatic rings. The van der Waals surface area contributed by atoms with Gasteiger partial charge in [0, 0.05) is 6.04 Å². The molecular formula is C18H27N. The van der Waals surface area contributed by atoms with Crippen LogP contribution in [0.5, 0.6) is 0 Å². The second-order valence-electron chi connectivity index (χ2n) is 5.70. The minimum atomic E-state index is 0.513. The summed E-state index contributed by atoms with van der Waals surface area (Å²) in [6, 6.07) is 9.28. The Morgan fingerprint density at radius 3 is 2.68 bits per heavy atom. The summed E-state index contributed by atoms with van der Waals surface area (Å²) in [5.74, 6) is 0. The van der Waals surface area contributed by atoms with E-state index >= 15 is 0 Å². The van der Waals surface area contributed by atoms with E-state index in [-0.39, 0.29) is 0 Å². The first-order chi connectivity index (χ1) is 9.31. The van der Waals surface area contributed by atoms with Crippen LogP contribution in [0.2, 0.25) is 0 Å². The molecule has 2 rings (SSSR count). The van der Waals surface area contributed by atoms with Crippen molar-refractivity contribution in [2.24, 2.45) is 0 Å². The summed E-state index contributed by atoms with van der Waals surface area (Å²) in [6.07, 6.45) is 11.7. The molecule has 1 aliphatic rings. The molecule has 104 valence electrons. The minimum absolute atomic E-state index is 0.513. The van der Waals surface area contributed by atoms with Gasteiger partial charge in [0.1, 0.15) is 0 Å². The Morgan fingerprint density at radius 1 is 1.11 bits per heavy atom. The topological polar surface area (TPSA) is 12.0 Å². The van der Waals surface area contributed by atoms with Gasteiger partial charge in [-0.05, 0) is 57.2 Å². The minimum Gasteiger partial charge on any atom is -0.313 e. The van der Waals surface area contributed by atoms with Gasteiger partial charge < -0.3 is 5.32 Å². The Balaban J connectivity index is 2.08. The molecule has 0 aromatic heterocycles. The summed E-state index contributed by atoms with van der Waals surface area (Å²) in [7, 11) is 2.10. The fourth-order valence-electron chi connectivity index (χ4n) is 3.01. The normalized spacial score (nSPS) is 21.1. The van der Waals surface area contributed by atoms with Gasteiger partial charge in [0.15, 0.2) is 0 Å². The van der Waals surface area contributed by atoms with E-state index in [1.54, 1.807) is 5.57 Å². The highest BCUT2D eigenvalue weighted by Crippen LogP contribution is 2.22. The molecule has 19 heavy (non-hydrogen) atoms. The lowest BCUT2D eigenvalue weighted by Gasteiger charge is -2.22. The number of rotatable bonds is 4. The van der Waals surface area contributed by atoms with Crippen molar-refractivity contribution in [3.05, 3.63) is 47.0 Å². The molecule has 1 N–H and O–H groups in total. The quantitative estimate of drug-likeness (QED) is 0.788. The molecular weight excluding hydrogens is 230 g/mol. The van der Waals surface area contributed by atoms with Gasteiger partial charge in [0.25, 0.3) is 0 Å². The molecule has 1 unspecified atom stereocenters. The predicted molar refractivity (Wildman–Crippen MR) is 83.5 cm³/mol. The second kappa shape index (κ2) is 7.49. The van der Waals surface area contributed by atoms with Crippen molar-refractivity contribution in [3.63, 3.8) is 0 Å². The second-order valence-corrected chi connectivity index (χ2v) is 5.70. The van der Waals surface area contributed by atoms with Gasteiger partial charge in [-0.3, -0.25) is 0 Å². The molecule has 1 atom stereocenters. The average Bonchev–Trinajstić information content (AvgIpc) is 2.38. The lowest BCUT2D eigenvalue weighted by molar-refractivity contribution is 0.557.